The molecule has 1 aliphatic rings. The Balaban J connectivity index is 1.40. The van der Waals surface area contributed by atoms with Gasteiger partial charge in [0.15, 0.2) is 11.5 Å². The van der Waals surface area contributed by atoms with Gasteiger partial charge in [0.25, 0.3) is 5.91 Å². The number of carbonyl (C=O) groups is 1. The van der Waals surface area contributed by atoms with Crippen LogP contribution in [0.25, 0.3) is 11.4 Å². The van der Waals surface area contributed by atoms with Gasteiger partial charge in [-0.15, -0.1) is 5.10 Å². The van der Waals surface area contributed by atoms with E-state index in [-0.39, 0.29) is 18.0 Å². The van der Waals surface area contributed by atoms with Crippen LogP contribution >= 0.6 is 0 Å². The number of rotatable bonds is 4. The third-order valence-corrected chi connectivity index (χ3v) is 4.86. The van der Waals surface area contributed by atoms with Crippen LogP contribution in [0.15, 0.2) is 30.5 Å². The fraction of sp³-hybridized carbons (Fsp3) is 0.389. The van der Waals surface area contributed by atoms with Gasteiger partial charge in [-0.25, -0.2) is 9.67 Å². The number of anilines is 1. The number of aryl methyl sites for hydroxylation is 1. The molecule has 0 bridgehead atoms. The summed E-state index contributed by atoms with van der Waals surface area (Å²) >= 11 is 0. The Morgan fingerprint density at radius 1 is 1.22 bits per heavy atom. The summed E-state index contributed by atoms with van der Waals surface area (Å²) in [5.41, 5.74) is 7.80. The van der Waals surface area contributed by atoms with Gasteiger partial charge >= 0.3 is 0 Å². The highest BCUT2D eigenvalue weighted by atomic mass is 16.2. The second-order valence-corrected chi connectivity index (χ2v) is 6.93. The van der Waals surface area contributed by atoms with Crippen molar-refractivity contribution in [2.45, 2.75) is 44.7 Å². The first kappa shape index (κ1) is 17.3. The molecule has 2 heterocycles. The van der Waals surface area contributed by atoms with Crippen LogP contribution in [-0.2, 0) is 0 Å². The van der Waals surface area contributed by atoms with Crippen molar-refractivity contribution in [3.8, 4) is 11.4 Å². The van der Waals surface area contributed by atoms with Crippen LogP contribution in [0.5, 0.6) is 0 Å². The molecule has 27 heavy (non-hydrogen) atoms. The van der Waals surface area contributed by atoms with E-state index in [0.717, 1.165) is 37.1 Å². The molecule has 0 spiro atoms. The lowest BCUT2D eigenvalue weighted by Gasteiger charge is -2.25. The molecule has 0 radical (unpaired) electrons. The maximum absolute atomic E-state index is 12.4. The monoisotopic (exact) mass is 366 g/mol. The number of aromatic amines is 1. The molecule has 0 aliphatic heterocycles. The average Bonchev–Trinajstić information content (AvgIpc) is 3.32. The van der Waals surface area contributed by atoms with Gasteiger partial charge in [-0.2, -0.15) is 5.10 Å². The Kier molecular flexibility index (Phi) is 4.68. The molecule has 4 rings (SSSR count). The van der Waals surface area contributed by atoms with Crippen LogP contribution in [0.4, 0.5) is 5.69 Å². The van der Waals surface area contributed by atoms with Gasteiger partial charge in [-0.05, 0) is 56.9 Å². The van der Waals surface area contributed by atoms with E-state index in [1.54, 1.807) is 10.9 Å². The summed E-state index contributed by atoms with van der Waals surface area (Å²) < 4.78 is 1.79. The molecule has 0 atom stereocenters. The number of H-pyrrole nitrogens is 1. The molecular weight excluding hydrogens is 344 g/mol. The van der Waals surface area contributed by atoms with Gasteiger partial charge < -0.3 is 11.1 Å². The van der Waals surface area contributed by atoms with Gasteiger partial charge in [0.2, 0.25) is 0 Å². The van der Waals surface area contributed by atoms with Crippen LogP contribution in [0, 0.1) is 6.92 Å². The Bertz CT molecular complexity index is 921. The summed E-state index contributed by atoms with van der Waals surface area (Å²) in [4.78, 5) is 16.7. The van der Waals surface area contributed by atoms with E-state index in [1.165, 1.54) is 0 Å². The lowest BCUT2D eigenvalue weighted by molar-refractivity contribution is 0.102. The van der Waals surface area contributed by atoms with Gasteiger partial charge in [0, 0.05) is 17.3 Å². The number of nitrogens with one attached hydrogen (secondary N) is 2. The molecule has 1 fully saturated rings. The highest BCUT2D eigenvalue weighted by Crippen LogP contribution is 2.27. The number of aromatic nitrogens is 6. The first-order chi connectivity index (χ1) is 13.1. The molecule has 2 aromatic heterocycles. The van der Waals surface area contributed by atoms with Crippen LogP contribution in [0.2, 0.25) is 0 Å². The molecule has 0 unspecified atom stereocenters. The van der Waals surface area contributed by atoms with E-state index in [4.69, 9.17) is 5.73 Å². The summed E-state index contributed by atoms with van der Waals surface area (Å²) in [5.74, 6) is 1.10. The SMILES string of the molecule is Cc1nc(-c2ccc(NC(=O)c3cn(C4CCC(N)CC4)nn3)cc2)n[nH]1. The third kappa shape index (κ3) is 3.87. The van der Waals surface area contributed by atoms with Gasteiger partial charge in [-0.1, -0.05) is 5.21 Å². The van der Waals surface area contributed by atoms with E-state index in [0.29, 0.717) is 17.2 Å². The van der Waals surface area contributed by atoms with Crippen molar-refractivity contribution >= 4 is 11.6 Å². The third-order valence-electron chi connectivity index (χ3n) is 4.86. The molecule has 9 nitrogen and oxygen atoms in total. The normalized spacial score (nSPS) is 19.8. The number of benzene rings is 1. The zero-order chi connectivity index (χ0) is 18.8. The first-order valence-corrected chi connectivity index (χ1v) is 9.06. The first-order valence-electron chi connectivity index (χ1n) is 9.06. The van der Waals surface area contributed by atoms with E-state index < -0.39 is 0 Å². The average molecular weight is 366 g/mol. The summed E-state index contributed by atoms with van der Waals surface area (Å²) in [5, 5.41) is 17.9. The lowest BCUT2D eigenvalue weighted by atomic mass is 9.92. The van der Waals surface area contributed by atoms with E-state index in [1.807, 2.05) is 31.2 Å². The van der Waals surface area contributed by atoms with Crippen molar-refractivity contribution in [1.82, 2.24) is 30.2 Å². The number of amides is 1. The molecule has 140 valence electrons. The van der Waals surface area contributed by atoms with Crippen molar-refractivity contribution in [2.24, 2.45) is 5.73 Å². The highest BCUT2D eigenvalue weighted by molar-refractivity contribution is 6.02. The minimum atomic E-state index is -0.282. The Morgan fingerprint density at radius 2 is 1.96 bits per heavy atom. The largest absolute Gasteiger partial charge is 0.328 e. The van der Waals surface area contributed by atoms with Crippen molar-refractivity contribution < 1.29 is 4.79 Å². The zero-order valence-electron chi connectivity index (χ0n) is 15.1. The molecule has 1 aromatic carbocycles. The number of nitrogens with two attached hydrogens (primary N) is 1. The number of hydrogen-bond acceptors (Lipinski definition) is 6. The summed E-state index contributed by atoms with van der Waals surface area (Å²) in [6, 6.07) is 7.89. The van der Waals surface area contributed by atoms with Crippen LogP contribution < -0.4 is 11.1 Å². The maximum Gasteiger partial charge on any atom is 0.277 e. The van der Waals surface area contributed by atoms with E-state index >= 15 is 0 Å². The van der Waals surface area contributed by atoms with Crippen molar-refractivity contribution in [3.63, 3.8) is 0 Å². The minimum absolute atomic E-state index is 0.267. The molecule has 4 N–H and O–H groups in total. The van der Waals surface area contributed by atoms with Crippen molar-refractivity contribution in [1.29, 1.82) is 0 Å². The van der Waals surface area contributed by atoms with Crippen molar-refractivity contribution in [3.05, 3.63) is 42.0 Å². The zero-order valence-corrected chi connectivity index (χ0v) is 15.1. The molecule has 9 heteroatoms. The summed E-state index contributed by atoms with van der Waals surface area (Å²) in [6.07, 6.45) is 5.59. The Labute approximate surface area is 156 Å². The van der Waals surface area contributed by atoms with Gasteiger partial charge in [0.05, 0.1) is 12.2 Å². The van der Waals surface area contributed by atoms with Crippen molar-refractivity contribution in [2.75, 3.05) is 5.32 Å². The second-order valence-electron chi connectivity index (χ2n) is 6.93. The fourth-order valence-electron chi connectivity index (χ4n) is 3.29. The summed E-state index contributed by atoms with van der Waals surface area (Å²) in [7, 11) is 0. The minimum Gasteiger partial charge on any atom is -0.328 e. The fourth-order valence-corrected chi connectivity index (χ4v) is 3.29. The highest BCUT2D eigenvalue weighted by Gasteiger charge is 2.22. The second kappa shape index (κ2) is 7.28. The quantitative estimate of drug-likeness (QED) is 0.648. The van der Waals surface area contributed by atoms with Crippen LogP contribution in [0.1, 0.15) is 48.0 Å². The Morgan fingerprint density at radius 3 is 2.63 bits per heavy atom. The van der Waals surface area contributed by atoms with E-state index in [2.05, 4.69) is 30.8 Å². The number of nitrogens with zero attached hydrogens (tertiary/aromatic N) is 5. The van der Waals surface area contributed by atoms with E-state index in [9.17, 15) is 4.79 Å². The molecule has 3 aromatic rings. The smallest absolute Gasteiger partial charge is 0.277 e. The molecule has 1 saturated carbocycles. The maximum atomic E-state index is 12.4. The Hall–Kier alpha value is -3.07. The summed E-state index contributed by atoms with van der Waals surface area (Å²) in [6.45, 7) is 1.85. The topological polar surface area (TPSA) is 127 Å². The lowest BCUT2D eigenvalue weighted by Crippen LogP contribution is -2.28. The molecule has 0 saturated heterocycles. The predicted molar refractivity (Wildman–Crippen MR) is 100 cm³/mol. The van der Waals surface area contributed by atoms with Crippen LogP contribution in [-0.4, -0.2) is 42.1 Å². The van der Waals surface area contributed by atoms with Gasteiger partial charge in [0.1, 0.15) is 5.82 Å². The molecule has 1 aliphatic carbocycles. The molecule has 1 amide bonds. The van der Waals surface area contributed by atoms with Crippen LogP contribution in [0.3, 0.4) is 0 Å². The van der Waals surface area contributed by atoms with Gasteiger partial charge in [-0.3, -0.25) is 9.89 Å². The molecular formula is C18H22N8O. The predicted octanol–water partition coefficient (Wildman–Crippen LogP) is 2.07. The number of carbonyl (C=O) groups excluding carboxylic acids is 1. The number of hydrogen-bond donors (Lipinski definition) is 3. The standard InChI is InChI=1S/C18H22N8O/c1-11-20-17(24-22-11)12-2-6-14(7-3-12)21-18(27)16-10-26(25-23-16)15-8-4-13(19)5-9-15/h2-3,6-7,10,13,15H,4-5,8-9,19H2,1H3,(H,21,27)(H,20,22,24).